The number of rotatable bonds is 9. The minimum absolute atomic E-state index is 0.0406. The predicted molar refractivity (Wildman–Crippen MR) is 108 cm³/mol. The zero-order valence-electron chi connectivity index (χ0n) is 17.2. The van der Waals surface area contributed by atoms with Crippen molar-refractivity contribution in [2.24, 2.45) is 11.8 Å². The molecule has 1 aliphatic carbocycles. The molecule has 1 amide bonds. The van der Waals surface area contributed by atoms with Gasteiger partial charge in [-0.3, -0.25) is 9.59 Å². The minimum atomic E-state index is -0.267. The lowest BCUT2D eigenvalue weighted by molar-refractivity contribution is -0.144. The van der Waals surface area contributed by atoms with Crippen molar-refractivity contribution in [3.63, 3.8) is 0 Å². The number of ether oxygens (including phenoxy) is 1. The molecule has 0 aromatic heterocycles. The first-order valence-corrected chi connectivity index (χ1v) is 10.5. The first kappa shape index (κ1) is 21.5. The van der Waals surface area contributed by atoms with Crippen LogP contribution in [0.1, 0.15) is 76.8 Å². The lowest BCUT2D eigenvalue weighted by Crippen LogP contribution is -2.40. The highest BCUT2D eigenvalue weighted by molar-refractivity contribution is 5.80. The Balaban J connectivity index is 2.03. The molecule has 0 saturated heterocycles. The summed E-state index contributed by atoms with van der Waals surface area (Å²) in [6.45, 7) is 4.70. The number of hydrogen-bond acceptors (Lipinski definition) is 3. The normalized spacial score (nSPS) is 20.7. The van der Waals surface area contributed by atoms with E-state index in [2.05, 4.69) is 13.8 Å². The maximum atomic E-state index is 13.3. The summed E-state index contributed by atoms with van der Waals surface area (Å²) in [7, 11) is 1.40. The molecule has 1 atom stereocenters. The van der Waals surface area contributed by atoms with E-state index in [0.29, 0.717) is 6.54 Å². The third-order valence-electron chi connectivity index (χ3n) is 5.98. The van der Waals surface area contributed by atoms with E-state index < -0.39 is 0 Å². The molecule has 0 spiro atoms. The molecule has 1 aromatic rings. The fourth-order valence-corrected chi connectivity index (χ4v) is 4.15. The van der Waals surface area contributed by atoms with E-state index in [1.165, 1.54) is 26.4 Å². The zero-order valence-corrected chi connectivity index (χ0v) is 17.2. The third-order valence-corrected chi connectivity index (χ3v) is 5.98. The molecule has 2 rings (SSSR count). The van der Waals surface area contributed by atoms with Crippen molar-refractivity contribution in [1.29, 1.82) is 0 Å². The van der Waals surface area contributed by atoms with Crippen molar-refractivity contribution in [3.05, 3.63) is 35.9 Å². The SMILES string of the molecule is CCCCC1CCC(C(=O)N(CCC(=O)OC)C(C)c2ccccc2)CC1. The van der Waals surface area contributed by atoms with Crippen LogP contribution in [0.3, 0.4) is 0 Å². The van der Waals surface area contributed by atoms with Gasteiger partial charge in [-0.2, -0.15) is 0 Å². The fourth-order valence-electron chi connectivity index (χ4n) is 4.15. The summed E-state index contributed by atoms with van der Waals surface area (Å²) in [5.41, 5.74) is 1.10. The summed E-state index contributed by atoms with van der Waals surface area (Å²) in [4.78, 5) is 26.9. The van der Waals surface area contributed by atoms with Gasteiger partial charge in [-0.15, -0.1) is 0 Å². The number of hydrogen-bond donors (Lipinski definition) is 0. The standard InChI is InChI=1S/C23H35NO3/c1-4-5-9-19-12-14-21(15-13-19)23(26)24(17-16-22(25)27-3)18(2)20-10-7-6-8-11-20/h6-8,10-11,18-19,21H,4-5,9,12-17H2,1-3H3. The second kappa shape index (κ2) is 11.1. The van der Waals surface area contributed by atoms with Gasteiger partial charge in [0.1, 0.15) is 0 Å². The quantitative estimate of drug-likeness (QED) is 0.563. The molecule has 1 unspecified atom stereocenters. The average molecular weight is 374 g/mol. The molecule has 0 bridgehead atoms. The van der Waals surface area contributed by atoms with Gasteiger partial charge in [0, 0.05) is 12.5 Å². The van der Waals surface area contributed by atoms with Crippen molar-refractivity contribution in [2.75, 3.05) is 13.7 Å². The van der Waals surface area contributed by atoms with Gasteiger partial charge in [0.2, 0.25) is 5.91 Å². The summed E-state index contributed by atoms with van der Waals surface area (Å²) >= 11 is 0. The highest BCUT2D eigenvalue weighted by Gasteiger charge is 2.32. The molecule has 0 radical (unpaired) electrons. The van der Waals surface area contributed by atoms with Gasteiger partial charge in [-0.05, 0) is 44.1 Å². The Bertz CT molecular complexity index is 579. The lowest BCUT2D eigenvalue weighted by atomic mass is 9.79. The molecular formula is C23H35NO3. The Labute approximate surface area is 164 Å². The van der Waals surface area contributed by atoms with Crippen LogP contribution in [-0.2, 0) is 14.3 Å². The van der Waals surface area contributed by atoms with Crippen LogP contribution in [0.4, 0.5) is 0 Å². The van der Waals surface area contributed by atoms with Gasteiger partial charge in [-0.25, -0.2) is 0 Å². The maximum absolute atomic E-state index is 13.3. The number of esters is 1. The molecule has 27 heavy (non-hydrogen) atoms. The molecule has 4 nitrogen and oxygen atoms in total. The highest BCUT2D eigenvalue weighted by atomic mass is 16.5. The molecule has 1 aromatic carbocycles. The number of carbonyl (C=O) groups excluding carboxylic acids is 2. The molecule has 150 valence electrons. The Kier molecular flexibility index (Phi) is 8.83. The van der Waals surface area contributed by atoms with Crippen LogP contribution in [0.25, 0.3) is 0 Å². The van der Waals surface area contributed by atoms with E-state index in [1.807, 2.05) is 35.2 Å². The van der Waals surface area contributed by atoms with E-state index in [-0.39, 0.29) is 30.3 Å². The number of nitrogens with zero attached hydrogens (tertiary/aromatic N) is 1. The van der Waals surface area contributed by atoms with Crippen molar-refractivity contribution in [2.45, 2.75) is 71.3 Å². The summed E-state index contributed by atoms with van der Waals surface area (Å²) in [5, 5.41) is 0. The maximum Gasteiger partial charge on any atom is 0.307 e. The minimum Gasteiger partial charge on any atom is -0.469 e. The number of amides is 1. The van der Waals surface area contributed by atoms with Crippen LogP contribution in [0, 0.1) is 11.8 Å². The fraction of sp³-hybridized carbons (Fsp3) is 0.652. The van der Waals surface area contributed by atoms with E-state index in [4.69, 9.17) is 4.74 Å². The molecule has 1 fully saturated rings. The third kappa shape index (κ3) is 6.37. The van der Waals surface area contributed by atoms with Gasteiger partial charge in [-0.1, -0.05) is 56.5 Å². The van der Waals surface area contributed by atoms with Crippen molar-refractivity contribution in [1.82, 2.24) is 4.90 Å². The topological polar surface area (TPSA) is 46.6 Å². The van der Waals surface area contributed by atoms with Crippen molar-refractivity contribution in [3.8, 4) is 0 Å². The first-order chi connectivity index (χ1) is 13.1. The smallest absolute Gasteiger partial charge is 0.307 e. The van der Waals surface area contributed by atoms with Crippen LogP contribution in [0.15, 0.2) is 30.3 Å². The summed E-state index contributed by atoms with van der Waals surface area (Å²) in [5.74, 6) is 0.802. The van der Waals surface area contributed by atoms with Crippen molar-refractivity contribution >= 4 is 11.9 Å². The Morgan fingerprint density at radius 1 is 1.15 bits per heavy atom. The van der Waals surface area contributed by atoms with Gasteiger partial charge in [0.15, 0.2) is 0 Å². The number of benzene rings is 1. The Morgan fingerprint density at radius 2 is 1.81 bits per heavy atom. The van der Waals surface area contributed by atoms with Crippen LogP contribution >= 0.6 is 0 Å². The van der Waals surface area contributed by atoms with E-state index in [0.717, 1.165) is 37.2 Å². The summed E-state index contributed by atoms with van der Waals surface area (Å²) in [6.07, 6.45) is 8.33. The Morgan fingerprint density at radius 3 is 2.41 bits per heavy atom. The van der Waals surface area contributed by atoms with Gasteiger partial charge in [0.25, 0.3) is 0 Å². The number of carbonyl (C=O) groups is 2. The van der Waals surface area contributed by atoms with E-state index in [9.17, 15) is 9.59 Å². The summed E-state index contributed by atoms with van der Waals surface area (Å²) < 4.78 is 4.79. The van der Waals surface area contributed by atoms with Crippen LogP contribution in [-0.4, -0.2) is 30.4 Å². The molecule has 1 aliphatic rings. The first-order valence-electron chi connectivity index (χ1n) is 10.5. The van der Waals surface area contributed by atoms with Crippen LogP contribution in [0.2, 0.25) is 0 Å². The molecular weight excluding hydrogens is 338 g/mol. The molecule has 4 heteroatoms. The van der Waals surface area contributed by atoms with E-state index >= 15 is 0 Å². The molecule has 0 N–H and O–H groups in total. The van der Waals surface area contributed by atoms with Crippen LogP contribution < -0.4 is 0 Å². The molecule has 0 aliphatic heterocycles. The largest absolute Gasteiger partial charge is 0.469 e. The van der Waals surface area contributed by atoms with Gasteiger partial charge >= 0.3 is 5.97 Å². The second-order valence-electron chi connectivity index (χ2n) is 7.80. The second-order valence-corrected chi connectivity index (χ2v) is 7.80. The predicted octanol–water partition coefficient (Wildman–Crippen LogP) is 5.14. The summed E-state index contributed by atoms with van der Waals surface area (Å²) in [6, 6.07) is 10.0. The number of unbranched alkanes of at least 4 members (excludes halogenated alkanes) is 1. The zero-order chi connectivity index (χ0) is 19.6. The average Bonchev–Trinajstić information content (AvgIpc) is 2.72. The number of methoxy groups -OCH3 is 1. The Hall–Kier alpha value is -1.84. The van der Waals surface area contributed by atoms with Crippen LogP contribution in [0.5, 0.6) is 0 Å². The molecule has 0 heterocycles. The lowest BCUT2D eigenvalue weighted by Gasteiger charge is -2.35. The monoisotopic (exact) mass is 373 g/mol. The highest BCUT2D eigenvalue weighted by Crippen LogP contribution is 2.34. The molecule has 1 saturated carbocycles. The van der Waals surface area contributed by atoms with E-state index in [1.54, 1.807) is 0 Å². The van der Waals surface area contributed by atoms with Gasteiger partial charge in [0.05, 0.1) is 19.6 Å². The van der Waals surface area contributed by atoms with Gasteiger partial charge < -0.3 is 9.64 Å². The van der Waals surface area contributed by atoms with Crippen molar-refractivity contribution < 1.29 is 14.3 Å².